The summed E-state index contributed by atoms with van der Waals surface area (Å²) in [4.78, 5) is 9.47. The molecule has 1 aromatic carbocycles. The summed E-state index contributed by atoms with van der Waals surface area (Å²) in [5.41, 5.74) is 0.315. The Morgan fingerprint density at radius 1 is 1.10 bits per heavy atom. The Balaban J connectivity index is 0.00000341. The van der Waals surface area contributed by atoms with Gasteiger partial charge in [-0.3, -0.25) is 9.89 Å². The van der Waals surface area contributed by atoms with Gasteiger partial charge in [0.15, 0.2) is 5.96 Å². The zero-order chi connectivity index (χ0) is 21.6. The van der Waals surface area contributed by atoms with E-state index in [1.165, 1.54) is 25.0 Å². The van der Waals surface area contributed by atoms with E-state index in [-0.39, 0.29) is 24.0 Å². The van der Waals surface area contributed by atoms with Crippen molar-refractivity contribution in [2.24, 2.45) is 10.9 Å². The molecule has 0 spiro atoms. The fourth-order valence-corrected chi connectivity index (χ4v) is 4.13. The molecule has 2 N–H and O–H groups in total. The molecule has 1 aromatic rings. The Morgan fingerprint density at radius 2 is 1.77 bits per heavy atom. The molecule has 9 heteroatoms. The molecule has 2 aliphatic rings. The lowest BCUT2D eigenvalue weighted by Crippen LogP contribution is -2.45. The van der Waals surface area contributed by atoms with Gasteiger partial charge in [0.1, 0.15) is 0 Å². The number of guanidine groups is 1. The van der Waals surface area contributed by atoms with Crippen LogP contribution >= 0.6 is 24.0 Å². The number of benzene rings is 1. The SMILES string of the molecule is CCNC(=NCC1CCN(C)CC1)NC1CCN(Cc2ccc(C(F)(F)F)cc2)C1.I. The molecule has 0 aliphatic carbocycles. The van der Waals surface area contributed by atoms with Gasteiger partial charge >= 0.3 is 6.18 Å². The van der Waals surface area contributed by atoms with Crippen LogP contribution in [0.5, 0.6) is 0 Å². The summed E-state index contributed by atoms with van der Waals surface area (Å²) in [7, 11) is 2.17. The second kappa shape index (κ2) is 12.2. The van der Waals surface area contributed by atoms with E-state index in [1.54, 1.807) is 12.1 Å². The first-order chi connectivity index (χ1) is 14.3. The van der Waals surface area contributed by atoms with E-state index in [0.29, 0.717) is 18.5 Å². The molecule has 31 heavy (non-hydrogen) atoms. The quantitative estimate of drug-likeness (QED) is 0.320. The minimum atomic E-state index is -4.28. The highest BCUT2D eigenvalue weighted by Crippen LogP contribution is 2.29. The van der Waals surface area contributed by atoms with Gasteiger partial charge in [0.2, 0.25) is 0 Å². The lowest BCUT2D eigenvalue weighted by atomic mass is 9.97. The van der Waals surface area contributed by atoms with Crippen LogP contribution in [0.4, 0.5) is 13.2 Å². The number of alkyl halides is 3. The van der Waals surface area contributed by atoms with E-state index in [9.17, 15) is 13.2 Å². The Morgan fingerprint density at radius 3 is 2.39 bits per heavy atom. The van der Waals surface area contributed by atoms with Crippen LogP contribution in [0.3, 0.4) is 0 Å². The molecular formula is C22H35F3IN5. The Hall–Kier alpha value is -1.07. The van der Waals surface area contributed by atoms with Crippen LogP contribution in [-0.4, -0.2) is 68.1 Å². The maximum absolute atomic E-state index is 12.7. The first kappa shape index (κ1) is 26.2. The van der Waals surface area contributed by atoms with Gasteiger partial charge < -0.3 is 15.5 Å². The van der Waals surface area contributed by atoms with Crippen molar-refractivity contribution >= 4 is 29.9 Å². The summed E-state index contributed by atoms with van der Waals surface area (Å²) in [6.07, 6.45) is -0.885. The van der Waals surface area contributed by atoms with E-state index in [0.717, 1.165) is 57.2 Å². The van der Waals surface area contributed by atoms with E-state index in [1.807, 2.05) is 0 Å². The fourth-order valence-electron chi connectivity index (χ4n) is 4.13. The molecule has 1 atom stereocenters. The number of hydrogen-bond acceptors (Lipinski definition) is 3. The maximum atomic E-state index is 12.7. The number of aliphatic imine (C=N–C) groups is 1. The lowest BCUT2D eigenvalue weighted by Gasteiger charge is -2.28. The summed E-state index contributed by atoms with van der Waals surface area (Å²) >= 11 is 0. The highest BCUT2D eigenvalue weighted by molar-refractivity contribution is 14.0. The van der Waals surface area contributed by atoms with Crippen molar-refractivity contribution in [3.8, 4) is 0 Å². The molecule has 0 aromatic heterocycles. The summed E-state index contributed by atoms with van der Waals surface area (Å²) < 4.78 is 38.2. The van der Waals surface area contributed by atoms with Gasteiger partial charge in [0, 0.05) is 38.8 Å². The zero-order valence-corrected chi connectivity index (χ0v) is 20.7. The normalized spacial score (nSPS) is 21.7. The number of rotatable bonds is 6. The molecule has 2 saturated heterocycles. The molecule has 0 bridgehead atoms. The van der Waals surface area contributed by atoms with E-state index in [2.05, 4.69) is 34.4 Å². The van der Waals surface area contributed by atoms with Gasteiger partial charge in [-0.1, -0.05) is 12.1 Å². The van der Waals surface area contributed by atoms with Crippen LogP contribution in [0.25, 0.3) is 0 Å². The minimum Gasteiger partial charge on any atom is -0.357 e. The predicted octanol–water partition coefficient (Wildman–Crippen LogP) is 3.79. The number of piperidine rings is 1. The van der Waals surface area contributed by atoms with Crippen molar-refractivity contribution in [1.29, 1.82) is 0 Å². The summed E-state index contributed by atoms with van der Waals surface area (Å²) in [6, 6.07) is 5.79. The number of halogens is 4. The molecule has 0 radical (unpaired) electrons. The molecule has 5 nitrogen and oxygen atoms in total. The molecule has 2 aliphatic heterocycles. The van der Waals surface area contributed by atoms with Gasteiger partial charge in [-0.05, 0) is 69.9 Å². The van der Waals surface area contributed by atoms with Crippen molar-refractivity contribution < 1.29 is 13.2 Å². The third-order valence-corrected chi connectivity index (χ3v) is 5.99. The predicted molar refractivity (Wildman–Crippen MR) is 130 cm³/mol. The molecule has 1 unspecified atom stereocenters. The fraction of sp³-hybridized carbons (Fsp3) is 0.682. The van der Waals surface area contributed by atoms with Gasteiger partial charge in [-0.2, -0.15) is 13.2 Å². The highest BCUT2D eigenvalue weighted by atomic mass is 127. The summed E-state index contributed by atoms with van der Waals surface area (Å²) in [5.74, 6) is 1.52. The Kier molecular flexibility index (Phi) is 10.3. The van der Waals surface area contributed by atoms with E-state index in [4.69, 9.17) is 4.99 Å². The van der Waals surface area contributed by atoms with Crippen molar-refractivity contribution in [3.05, 3.63) is 35.4 Å². The zero-order valence-electron chi connectivity index (χ0n) is 18.4. The van der Waals surface area contributed by atoms with E-state index >= 15 is 0 Å². The Labute approximate surface area is 200 Å². The first-order valence-electron chi connectivity index (χ1n) is 11.0. The molecule has 3 rings (SSSR count). The van der Waals surface area contributed by atoms with Crippen LogP contribution in [0.1, 0.15) is 37.3 Å². The smallest absolute Gasteiger partial charge is 0.357 e. The van der Waals surface area contributed by atoms with E-state index < -0.39 is 11.7 Å². The average molecular weight is 553 g/mol. The molecule has 176 valence electrons. The van der Waals surface area contributed by atoms with Crippen molar-refractivity contribution in [2.45, 2.75) is 44.9 Å². The number of hydrogen-bond donors (Lipinski definition) is 2. The molecular weight excluding hydrogens is 518 g/mol. The largest absolute Gasteiger partial charge is 0.416 e. The van der Waals surface area contributed by atoms with Crippen molar-refractivity contribution in [2.75, 3.05) is 46.3 Å². The first-order valence-corrected chi connectivity index (χ1v) is 11.0. The third kappa shape index (κ3) is 8.42. The molecule has 0 saturated carbocycles. The van der Waals surface area contributed by atoms with Crippen molar-refractivity contribution in [3.63, 3.8) is 0 Å². The summed E-state index contributed by atoms with van der Waals surface area (Å²) in [5, 5.41) is 6.89. The number of nitrogens with one attached hydrogen (secondary N) is 2. The van der Waals surface area contributed by atoms with Crippen LogP contribution in [0.15, 0.2) is 29.3 Å². The van der Waals surface area contributed by atoms with Crippen LogP contribution < -0.4 is 10.6 Å². The van der Waals surface area contributed by atoms with Crippen LogP contribution in [0.2, 0.25) is 0 Å². The number of likely N-dealkylation sites (tertiary alicyclic amines) is 2. The van der Waals surface area contributed by atoms with Crippen molar-refractivity contribution in [1.82, 2.24) is 20.4 Å². The third-order valence-electron chi connectivity index (χ3n) is 5.99. The lowest BCUT2D eigenvalue weighted by molar-refractivity contribution is -0.137. The van der Waals surface area contributed by atoms with Crippen LogP contribution in [0, 0.1) is 5.92 Å². The van der Waals surface area contributed by atoms with Gasteiger partial charge in [-0.15, -0.1) is 24.0 Å². The molecule has 2 heterocycles. The highest BCUT2D eigenvalue weighted by Gasteiger charge is 2.30. The van der Waals surface area contributed by atoms with Gasteiger partial charge in [-0.25, -0.2) is 0 Å². The van der Waals surface area contributed by atoms with Gasteiger partial charge in [0.05, 0.1) is 5.56 Å². The summed E-state index contributed by atoms with van der Waals surface area (Å²) in [6.45, 7) is 8.48. The molecule has 2 fully saturated rings. The monoisotopic (exact) mass is 553 g/mol. The Bertz CT molecular complexity index is 687. The second-order valence-electron chi connectivity index (χ2n) is 8.53. The molecule has 0 amide bonds. The number of nitrogens with zero attached hydrogens (tertiary/aromatic N) is 3. The second-order valence-corrected chi connectivity index (χ2v) is 8.53. The van der Waals surface area contributed by atoms with Gasteiger partial charge in [0.25, 0.3) is 0 Å². The standard InChI is InChI=1S/C22H34F3N5.HI/c1-3-26-21(27-14-17-8-11-29(2)12-9-17)28-20-10-13-30(16-20)15-18-4-6-19(7-5-18)22(23,24)25;/h4-7,17,20H,3,8-16H2,1-2H3,(H2,26,27,28);1H. The average Bonchev–Trinajstić information content (AvgIpc) is 3.14. The minimum absolute atomic E-state index is 0. The van der Waals surface area contributed by atoms with Crippen LogP contribution in [-0.2, 0) is 12.7 Å². The topological polar surface area (TPSA) is 42.9 Å². The maximum Gasteiger partial charge on any atom is 0.416 e.